The molecule has 108 valence electrons. The molecule has 1 fully saturated rings. The highest BCUT2D eigenvalue weighted by atomic mass is 16.5. The molecule has 0 spiro atoms. The maximum absolute atomic E-state index is 6.16. The van der Waals surface area contributed by atoms with Crippen molar-refractivity contribution in [1.29, 1.82) is 0 Å². The number of rotatable bonds is 3. The molecule has 0 saturated heterocycles. The van der Waals surface area contributed by atoms with Crippen LogP contribution in [0.1, 0.15) is 83.5 Å². The van der Waals surface area contributed by atoms with Gasteiger partial charge in [0.15, 0.2) is 5.82 Å². The molecule has 1 aromatic rings. The van der Waals surface area contributed by atoms with Crippen molar-refractivity contribution < 1.29 is 4.52 Å². The first kappa shape index (κ1) is 14.5. The molecule has 0 amide bonds. The summed E-state index contributed by atoms with van der Waals surface area (Å²) in [5.41, 5.74) is 6.11. The zero-order chi connectivity index (χ0) is 14.0. The molecule has 0 aliphatic heterocycles. The number of aromatic nitrogens is 2. The van der Waals surface area contributed by atoms with E-state index in [1.54, 1.807) is 0 Å². The molecule has 0 unspecified atom stereocenters. The molecule has 0 radical (unpaired) electrons. The number of nitrogens with two attached hydrogens (primary N) is 1. The fourth-order valence-electron chi connectivity index (χ4n) is 2.74. The molecule has 1 heterocycles. The number of hydrogen-bond acceptors (Lipinski definition) is 4. The van der Waals surface area contributed by atoms with Gasteiger partial charge in [-0.2, -0.15) is 4.98 Å². The average molecular weight is 265 g/mol. The first-order valence-electron chi connectivity index (χ1n) is 7.51. The lowest BCUT2D eigenvalue weighted by Crippen LogP contribution is -2.26. The van der Waals surface area contributed by atoms with E-state index in [1.807, 2.05) is 0 Å². The molecule has 4 nitrogen and oxygen atoms in total. The molecule has 1 aliphatic carbocycles. The minimum absolute atomic E-state index is 0.0519. The predicted molar refractivity (Wildman–Crippen MR) is 75.7 cm³/mol. The van der Waals surface area contributed by atoms with Crippen molar-refractivity contribution in [3.05, 3.63) is 11.7 Å². The molecule has 1 saturated carbocycles. The fourth-order valence-corrected chi connectivity index (χ4v) is 2.74. The molecule has 2 rings (SSSR count). The van der Waals surface area contributed by atoms with Gasteiger partial charge in [0, 0.05) is 5.92 Å². The third kappa shape index (κ3) is 3.35. The Labute approximate surface area is 116 Å². The van der Waals surface area contributed by atoms with Crippen molar-refractivity contribution in [3.63, 3.8) is 0 Å². The third-order valence-electron chi connectivity index (χ3n) is 4.45. The van der Waals surface area contributed by atoms with Crippen LogP contribution in [0.4, 0.5) is 0 Å². The summed E-state index contributed by atoms with van der Waals surface area (Å²) in [6.45, 7) is 8.55. The van der Waals surface area contributed by atoms with E-state index >= 15 is 0 Å². The summed E-state index contributed by atoms with van der Waals surface area (Å²) in [4.78, 5) is 4.55. The molecule has 1 aromatic heterocycles. The molecular weight excluding hydrogens is 238 g/mol. The van der Waals surface area contributed by atoms with Gasteiger partial charge in [-0.25, -0.2) is 0 Å². The second kappa shape index (κ2) is 5.61. The van der Waals surface area contributed by atoms with Crippen LogP contribution in [0.25, 0.3) is 0 Å². The maximum Gasteiger partial charge on any atom is 0.244 e. The second-order valence-corrected chi connectivity index (χ2v) is 6.96. The monoisotopic (exact) mass is 265 g/mol. The van der Waals surface area contributed by atoms with Gasteiger partial charge in [0.25, 0.3) is 0 Å². The van der Waals surface area contributed by atoms with Gasteiger partial charge in [0.05, 0.1) is 6.04 Å². The van der Waals surface area contributed by atoms with Crippen LogP contribution >= 0.6 is 0 Å². The van der Waals surface area contributed by atoms with Crippen LogP contribution in [0.2, 0.25) is 0 Å². The summed E-state index contributed by atoms with van der Waals surface area (Å²) in [6, 6.07) is -0.194. The molecule has 0 aromatic carbocycles. The van der Waals surface area contributed by atoms with Gasteiger partial charge >= 0.3 is 0 Å². The van der Waals surface area contributed by atoms with Crippen molar-refractivity contribution in [1.82, 2.24) is 10.1 Å². The fraction of sp³-hybridized carbons (Fsp3) is 0.867. The van der Waals surface area contributed by atoms with Crippen LogP contribution in [-0.2, 0) is 0 Å². The smallest absolute Gasteiger partial charge is 0.244 e. The maximum atomic E-state index is 6.16. The molecule has 1 atom stereocenters. The van der Waals surface area contributed by atoms with E-state index < -0.39 is 0 Å². The van der Waals surface area contributed by atoms with E-state index in [9.17, 15) is 0 Å². The normalized spacial score (nSPS) is 26.4. The SMILES string of the molecule is CCC1CCC(c2noc([C@H](N)C(C)(C)C)n2)CC1. The van der Waals surface area contributed by atoms with Gasteiger partial charge in [0.1, 0.15) is 0 Å². The lowest BCUT2D eigenvalue weighted by molar-refractivity contribution is 0.250. The van der Waals surface area contributed by atoms with Gasteiger partial charge < -0.3 is 10.3 Å². The second-order valence-electron chi connectivity index (χ2n) is 6.96. The standard InChI is InChI=1S/C15H27N3O/c1-5-10-6-8-11(9-7-10)13-17-14(19-18-13)12(16)15(2,3)4/h10-12H,5-9,16H2,1-4H3/t10?,11?,12-/m0/s1. The third-order valence-corrected chi connectivity index (χ3v) is 4.45. The van der Waals surface area contributed by atoms with Gasteiger partial charge in [0.2, 0.25) is 5.89 Å². The molecule has 0 bridgehead atoms. The lowest BCUT2D eigenvalue weighted by atomic mass is 9.80. The molecule has 1 aliphatic rings. The van der Waals surface area contributed by atoms with Gasteiger partial charge in [-0.15, -0.1) is 0 Å². The summed E-state index contributed by atoms with van der Waals surface area (Å²) < 4.78 is 5.37. The summed E-state index contributed by atoms with van der Waals surface area (Å²) in [7, 11) is 0. The van der Waals surface area contributed by atoms with E-state index in [4.69, 9.17) is 10.3 Å². The zero-order valence-corrected chi connectivity index (χ0v) is 12.6. The molecule has 19 heavy (non-hydrogen) atoms. The highest BCUT2D eigenvalue weighted by molar-refractivity contribution is 5.01. The highest BCUT2D eigenvalue weighted by Crippen LogP contribution is 2.37. The van der Waals surface area contributed by atoms with Gasteiger partial charge in [-0.1, -0.05) is 39.3 Å². The van der Waals surface area contributed by atoms with Crippen LogP contribution in [0.15, 0.2) is 4.52 Å². The largest absolute Gasteiger partial charge is 0.338 e. The van der Waals surface area contributed by atoms with Crippen LogP contribution < -0.4 is 5.73 Å². The van der Waals surface area contributed by atoms with Crippen molar-refractivity contribution in [2.45, 2.75) is 71.8 Å². The van der Waals surface area contributed by atoms with E-state index in [-0.39, 0.29) is 11.5 Å². The zero-order valence-electron chi connectivity index (χ0n) is 12.6. The molecule has 2 N–H and O–H groups in total. The minimum atomic E-state index is -0.194. The van der Waals surface area contributed by atoms with Crippen molar-refractivity contribution in [3.8, 4) is 0 Å². The molecular formula is C15H27N3O. The topological polar surface area (TPSA) is 64.9 Å². The number of nitrogens with zero attached hydrogens (tertiary/aromatic N) is 2. The Morgan fingerprint density at radius 3 is 2.42 bits per heavy atom. The van der Waals surface area contributed by atoms with Crippen LogP contribution in [-0.4, -0.2) is 10.1 Å². The van der Waals surface area contributed by atoms with E-state index in [0.29, 0.717) is 11.8 Å². The van der Waals surface area contributed by atoms with E-state index in [0.717, 1.165) is 11.7 Å². The summed E-state index contributed by atoms with van der Waals surface area (Å²) in [6.07, 6.45) is 6.23. The van der Waals surface area contributed by atoms with Gasteiger partial charge in [-0.05, 0) is 37.0 Å². The number of hydrogen-bond donors (Lipinski definition) is 1. The Morgan fingerprint density at radius 1 is 1.26 bits per heavy atom. The van der Waals surface area contributed by atoms with Crippen molar-refractivity contribution in [2.75, 3.05) is 0 Å². The van der Waals surface area contributed by atoms with Gasteiger partial charge in [-0.3, -0.25) is 0 Å². The Kier molecular flexibility index (Phi) is 4.29. The van der Waals surface area contributed by atoms with Crippen LogP contribution in [0, 0.1) is 11.3 Å². The summed E-state index contributed by atoms with van der Waals surface area (Å²) in [5, 5.41) is 4.16. The predicted octanol–water partition coefficient (Wildman–Crippen LogP) is 3.80. The Bertz CT molecular complexity index is 400. The van der Waals surface area contributed by atoms with Crippen molar-refractivity contribution >= 4 is 0 Å². The average Bonchev–Trinajstić information content (AvgIpc) is 2.86. The summed E-state index contributed by atoms with van der Waals surface area (Å²) in [5.74, 6) is 2.80. The van der Waals surface area contributed by atoms with Crippen molar-refractivity contribution in [2.24, 2.45) is 17.1 Å². The minimum Gasteiger partial charge on any atom is -0.338 e. The Balaban J connectivity index is 2.02. The highest BCUT2D eigenvalue weighted by Gasteiger charge is 2.30. The quantitative estimate of drug-likeness (QED) is 0.902. The van der Waals surface area contributed by atoms with E-state index in [2.05, 4.69) is 37.8 Å². The van der Waals surface area contributed by atoms with E-state index in [1.165, 1.54) is 32.1 Å². The first-order valence-corrected chi connectivity index (χ1v) is 7.51. The van der Waals surface area contributed by atoms with Crippen LogP contribution in [0.3, 0.4) is 0 Å². The lowest BCUT2D eigenvalue weighted by Gasteiger charge is -2.25. The summed E-state index contributed by atoms with van der Waals surface area (Å²) >= 11 is 0. The Hall–Kier alpha value is -0.900. The molecule has 4 heteroatoms. The first-order chi connectivity index (χ1) is 8.91. The van der Waals surface area contributed by atoms with Crippen LogP contribution in [0.5, 0.6) is 0 Å². The Morgan fingerprint density at radius 2 is 1.89 bits per heavy atom.